The minimum Gasteiger partial charge on any atom is -0.453 e. The molecule has 2 aromatic carbocycles. The standard InChI is InChI=1S/C27H22ClFN8O3/c1-14-9-22(26-30-12-19(33-26)15-3-5-17(6-4-15)32-27(39)40-2)37-21(14)10-16(11-23(37)38)24-20(36-13-31-34-35-36)8-7-18(28)25(24)29/h3-8,10-14,22H,9H2,1-2H3,(H,30,33)(H,32,39)/t14?,22-/m1/s1. The van der Waals surface area contributed by atoms with Crippen LogP contribution < -0.4 is 10.9 Å². The van der Waals surface area contributed by atoms with Gasteiger partial charge in [0.15, 0.2) is 5.82 Å². The predicted molar refractivity (Wildman–Crippen MR) is 145 cm³/mol. The van der Waals surface area contributed by atoms with E-state index in [-0.39, 0.29) is 28.1 Å². The molecular formula is C27H22ClFN8O3. The molecule has 0 saturated carbocycles. The number of hydrogen-bond donors (Lipinski definition) is 2. The van der Waals surface area contributed by atoms with Crippen molar-refractivity contribution in [2.24, 2.45) is 0 Å². The van der Waals surface area contributed by atoms with Crippen LogP contribution >= 0.6 is 11.6 Å². The van der Waals surface area contributed by atoms with E-state index in [0.717, 1.165) is 17.0 Å². The van der Waals surface area contributed by atoms with Crippen LogP contribution in [0.1, 0.15) is 36.8 Å². The van der Waals surface area contributed by atoms with Gasteiger partial charge < -0.3 is 14.3 Å². The summed E-state index contributed by atoms with van der Waals surface area (Å²) in [6.45, 7) is 2.02. The molecule has 0 bridgehead atoms. The Kier molecular flexibility index (Phi) is 6.39. The zero-order valence-corrected chi connectivity index (χ0v) is 22.1. The van der Waals surface area contributed by atoms with Crippen LogP contribution in [0.3, 0.4) is 0 Å². The molecule has 40 heavy (non-hydrogen) atoms. The Morgan fingerprint density at radius 1 is 1.18 bits per heavy atom. The molecule has 1 aliphatic rings. The highest BCUT2D eigenvalue weighted by atomic mass is 35.5. The number of halogens is 2. The Bertz CT molecular complexity index is 1780. The van der Waals surface area contributed by atoms with Crippen LogP contribution in [0.25, 0.3) is 28.1 Å². The van der Waals surface area contributed by atoms with Crippen molar-refractivity contribution in [1.82, 2.24) is 34.7 Å². The number of nitrogens with one attached hydrogen (secondary N) is 2. The second-order valence-electron chi connectivity index (χ2n) is 9.42. The number of hydrogen-bond acceptors (Lipinski definition) is 7. The fourth-order valence-electron chi connectivity index (χ4n) is 5.09. The van der Waals surface area contributed by atoms with Gasteiger partial charge in [0.1, 0.15) is 12.2 Å². The zero-order valence-electron chi connectivity index (χ0n) is 21.3. The minimum atomic E-state index is -0.662. The Labute approximate surface area is 231 Å². The number of rotatable bonds is 5. The van der Waals surface area contributed by atoms with E-state index in [1.807, 2.05) is 25.1 Å². The first kappa shape index (κ1) is 25.4. The number of tetrazole rings is 1. The number of carbonyl (C=O) groups excluding carboxylic acids is 1. The lowest BCUT2D eigenvalue weighted by molar-refractivity contribution is 0.187. The van der Waals surface area contributed by atoms with Crippen molar-refractivity contribution in [1.29, 1.82) is 0 Å². The number of aromatic amines is 1. The van der Waals surface area contributed by atoms with Gasteiger partial charge in [-0.15, -0.1) is 5.10 Å². The third-order valence-electron chi connectivity index (χ3n) is 6.99. The van der Waals surface area contributed by atoms with Crippen molar-refractivity contribution in [2.45, 2.75) is 25.3 Å². The largest absolute Gasteiger partial charge is 0.453 e. The van der Waals surface area contributed by atoms with Crippen LogP contribution in [0, 0.1) is 5.82 Å². The first-order valence-corrected chi connectivity index (χ1v) is 12.7. The number of carbonyl (C=O) groups is 1. The second-order valence-corrected chi connectivity index (χ2v) is 9.82. The van der Waals surface area contributed by atoms with E-state index in [4.69, 9.17) is 11.6 Å². The average molecular weight is 561 g/mol. The van der Waals surface area contributed by atoms with Gasteiger partial charge in [0.05, 0.1) is 35.8 Å². The van der Waals surface area contributed by atoms with Gasteiger partial charge in [-0.3, -0.25) is 10.1 Å². The van der Waals surface area contributed by atoms with Crippen molar-refractivity contribution in [3.63, 3.8) is 0 Å². The highest BCUT2D eigenvalue weighted by Gasteiger charge is 2.33. The van der Waals surface area contributed by atoms with Gasteiger partial charge in [-0.2, -0.15) is 4.68 Å². The fraction of sp³-hybridized carbons (Fsp3) is 0.185. The molecule has 1 unspecified atom stereocenters. The summed E-state index contributed by atoms with van der Waals surface area (Å²) in [5.41, 5.74) is 3.56. The van der Waals surface area contributed by atoms with E-state index >= 15 is 4.39 Å². The molecule has 2 N–H and O–H groups in total. The fourth-order valence-corrected chi connectivity index (χ4v) is 5.24. The number of amides is 1. The lowest BCUT2D eigenvalue weighted by Gasteiger charge is -2.16. The molecular weight excluding hydrogens is 539 g/mol. The Morgan fingerprint density at radius 2 is 1.98 bits per heavy atom. The first-order chi connectivity index (χ1) is 19.3. The van der Waals surface area contributed by atoms with Gasteiger partial charge in [-0.1, -0.05) is 30.7 Å². The SMILES string of the molecule is COC(=O)Nc1ccc(-c2cnc([C@H]3CC(C)c4cc(-c5c(-n6cnnn6)ccc(Cl)c5F)cc(=O)n43)[nH]2)cc1. The summed E-state index contributed by atoms with van der Waals surface area (Å²) in [5, 5.41) is 13.7. The summed E-state index contributed by atoms with van der Waals surface area (Å²) in [5.74, 6) is -0.0335. The summed E-state index contributed by atoms with van der Waals surface area (Å²) in [4.78, 5) is 32.9. The second kappa shape index (κ2) is 10.0. The van der Waals surface area contributed by atoms with Crippen molar-refractivity contribution >= 4 is 23.4 Å². The summed E-state index contributed by atoms with van der Waals surface area (Å²) >= 11 is 6.12. The Hall–Kier alpha value is -4.84. The molecule has 0 aliphatic carbocycles. The van der Waals surface area contributed by atoms with Gasteiger partial charge in [0.25, 0.3) is 5.56 Å². The van der Waals surface area contributed by atoms with E-state index in [1.54, 1.807) is 29.0 Å². The zero-order chi connectivity index (χ0) is 28.0. The number of pyridine rings is 1. The smallest absolute Gasteiger partial charge is 0.411 e. The first-order valence-electron chi connectivity index (χ1n) is 12.3. The molecule has 0 fully saturated rings. The Morgan fingerprint density at radius 3 is 2.70 bits per heavy atom. The molecule has 11 nitrogen and oxygen atoms in total. The third-order valence-corrected chi connectivity index (χ3v) is 7.28. The van der Waals surface area contributed by atoms with Crippen molar-refractivity contribution < 1.29 is 13.9 Å². The van der Waals surface area contributed by atoms with Crippen LogP contribution in [-0.4, -0.2) is 47.9 Å². The van der Waals surface area contributed by atoms with Crippen molar-refractivity contribution in [3.8, 4) is 28.1 Å². The number of benzene rings is 2. The maximum Gasteiger partial charge on any atom is 0.411 e. The number of nitrogens with zero attached hydrogens (tertiary/aromatic N) is 6. The van der Waals surface area contributed by atoms with E-state index in [0.29, 0.717) is 29.2 Å². The van der Waals surface area contributed by atoms with E-state index in [1.165, 1.54) is 30.3 Å². The van der Waals surface area contributed by atoms with Crippen LogP contribution in [0.2, 0.25) is 5.02 Å². The molecule has 6 rings (SSSR count). The van der Waals surface area contributed by atoms with E-state index < -0.39 is 11.9 Å². The highest BCUT2D eigenvalue weighted by molar-refractivity contribution is 6.31. The molecule has 0 radical (unpaired) electrons. The number of fused-ring (bicyclic) bond motifs is 1. The van der Waals surface area contributed by atoms with Crippen LogP contribution in [0.5, 0.6) is 0 Å². The number of aromatic nitrogens is 7. The molecule has 13 heteroatoms. The topological polar surface area (TPSA) is 133 Å². The molecule has 5 aromatic rings. The molecule has 2 atom stereocenters. The molecule has 0 saturated heterocycles. The summed E-state index contributed by atoms with van der Waals surface area (Å²) in [7, 11) is 1.30. The number of methoxy groups -OCH3 is 1. The number of H-pyrrole nitrogens is 1. The molecule has 4 heterocycles. The lowest BCUT2D eigenvalue weighted by Crippen LogP contribution is -2.24. The lowest BCUT2D eigenvalue weighted by atomic mass is 9.99. The molecule has 1 amide bonds. The van der Waals surface area contributed by atoms with Gasteiger partial charge >= 0.3 is 6.09 Å². The summed E-state index contributed by atoms with van der Waals surface area (Å²) < 4.78 is 23.0. The maximum atomic E-state index is 15.4. The summed E-state index contributed by atoms with van der Waals surface area (Å²) in [6, 6.07) is 13.1. The summed E-state index contributed by atoms with van der Waals surface area (Å²) in [6.07, 6.45) is 3.14. The van der Waals surface area contributed by atoms with Crippen LogP contribution in [0.4, 0.5) is 14.9 Å². The molecule has 3 aromatic heterocycles. The van der Waals surface area contributed by atoms with Crippen molar-refractivity contribution in [2.75, 3.05) is 12.4 Å². The van der Waals surface area contributed by atoms with Gasteiger partial charge in [-0.05, 0) is 64.2 Å². The number of anilines is 1. The molecule has 0 spiro atoms. The predicted octanol–water partition coefficient (Wildman–Crippen LogP) is 4.95. The van der Waals surface area contributed by atoms with Gasteiger partial charge in [0, 0.05) is 23.0 Å². The van der Waals surface area contributed by atoms with Crippen LogP contribution in [0.15, 0.2) is 65.8 Å². The average Bonchev–Trinajstić information content (AvgIpc) is 3.72. The van der Waals surface area contributed by atoms with Crippen LogP contribution in [-0.2, 0) is 4.74 Å². The van der Waals surface area contributed by atoms with E-state index in [2.05, 4.69) is 35.5 Å². The minimum absolute atomic E-state index is 0.00592. The number of imidazole rings is 1. The maximum absolute atomic E-state index is 15.4. The third kappa shape index (κ3) is 4.41. The number of ether oxygens (including phenoxy) is 1. The Balaban J connectivity index is 1.35. The molecule has 202 valence electrons. The van der Waals surface area contributed by atoms with E-state index in [9.17, 15) is 9.59 Å². The quantitative estimate of drug-likeness (QED) is 0.311. The van der Waals surface area contributed by atoms with Gasteiger partial charge in [-0.25, -0.2) is 14.2 Å². The highest BCUT2D eigenvalue weighted by Crippen LogP contribution is 2.41. The molecule has 1 aliphatic heterocycles. The van der Waals surface area contributed by atoms with Crippen molar-refractivity contribution in [3.05, 3.63) is 93.8 Å². The monoisotopic (exact) mass is 560 g/mol. The van der Waals surface area contributed by atoms with Gasteiger partial charge in [0.2, 0.25) is 0 Å². The normalized spacial score (nSPS) is 16.1.